The van der Waals surface area contributed by atoms with Gasteiger partial charge in [-0.05, 0) is 49.9 Å². The second-order valence-corrected chi connectivity index (χ2v) is 6.90. The van der Waals surface area contributed by atoms with Crippen molar-refractivity contribution in [1.29, 1.82) is 0 Å². The quantitative estimate of drug-likeness (QED) is 0.305. The van der Waals surface area contributed by atoms with Gasteiger partial charge in [0.2, 0.25) is 5.91 Å². The minimum Gasteiger partial charge on any atom is -0.494 e. The highest BCUT2D eigenvalue weighted by Gasteiger charge is 2.19. The van der Waals surface area contributed by atoms with Gasteiger partial charge in [0.15, 0.2) is 5.78 Å². The molecule has 1 amide bonds. The van der Waals surface area contributed by atoms with Crippen molar-refractivity contribution in [3.63, 3.8) is 0 Å². The zero-order chi connectivity index (χ0) is 20.8. The van der Waals surface area contributed by atoms with E-state index < -0.39 is 10.7 Å². The Hall–Kier alpha value is -3.42. The molecular formula is C21H23N3O5. The van der Waals surface area contributed by atoms with E-state index in [1.165, 1.54) is 30.7 Å². The minimum atomic E-state index is -0.595. The fourth-order valence-electron chi connectivity index (χ4n) is 3.28. The van der Waals surface area contributed by atoms with Crippen molar-refractivity contribution < 1.29 is 19.2 Å². The number of fused-ring (bicyclic) bond motifs is 1. The molecule has 2 aromatic carbocycles. The first kappa shape index (κ1) is 20.3. The fourth-order valence-corrected chi connectivity index (χ4v) is 3.28. The number of carbonyl (C=O) groups is 2. The maximum Gasteiger partial charge on any atom is 0.280 e. The molecule has 3 rings (SSSR count). The molecule has 0 aliphatic carbocycles. The van der Waals surface area contributed by atoms with Crippen LogP contribution in [0, 0.1) is 10.1 Å². The van der Waals surface area contributed by atoms with Crippen LogP contribution >= 0.6 is 0 Å². The number of hydrogen-bond donors (Lipinski definition) is 2. The number of Topliss-reactive ketones (excluding diaryl/α,β-unsaturated/α-hetero) is 1. The summed E-state index contributed by atoms with van der Waals surface area (Å²) < 4.78 is 5.55. The molecule has 0 saturated heterocycles. The van der Waals surface area contributed by atoms with Crippen LogP contribution in [0.15, 0.2) is 42.5 Å². The maximum absolute atomic E-state index is 12.2. The first-order chi connectivity index (χ1) is 13.9. The molecular weight excluding hydrogens is 374 g/mol. The molecule has 0 spiro atoms. The second-order valence-electron chi connectivity index (χ2n) is 6.90. The van der Waals surface area contributed by atoms with E-state index in [9.17, 15) is 19.7 Å². The van der Waals surface area contributed by atoms with Gasteiger partial charge >= 0.3 is 0 Å². The highest BCUT2D eigenvalue weighted by molar-refractivity contribution is 5.98. The van der Waals surface area contributed by atoms with Gasteiger partial charge in [0.05, 0.1) is 23.3 Å². The highest BCUT2D eigenvalue weighted by atomic mass is 16.6. The summed E-state index contributed by atoms with van der Waals surface area (Å²) in [5.74, 6) is -0.103. The summed E-state index contributed by atoms with van der Waals surface area (Å²) in [7, 11) is 0. The largest absolute Gasteiger partial charge is 0.494 e. The lowest BCUT2D eigenvalue weighted by Crippen LogP contribution is -2.42. The molecule has 0 bridgehead atoms. The molecule has 0 aromatic heterocycles. The molecule has 0 saturated carbocycles. The average Bonchev–Trinajstić information content (AvgIpc) is 2.70. The summed E-state index contributed by atoms with van der Waals surface area (Å²) in [4.78, 5) is 34.1. The number of ether oxygens (including phenoxy) is 1. The van der Waals surface area contributed by atoms with Crippen LogP contribution in [0.25, 0.3) is 0 Å². The van der Waals surface area contributed by atoms with Crippen LogP contribution < -0.4 is 15.4 Å². The van der Waals surface area contributed by atoms with Crippen molar-refractivity contribution in [2.45, 2.75) is 38.8 Å². The van der Waals surface area contributed by atoms with E-state index in [2.05, 4.69) is 16.7 Å². The molecule has 8 nitrogen and oxygen atoms in total. The summed E-state index contributed by atoms with van der Waals surface area (Å²) in [6.45, 7) is 1.54. The van der Waals surface area contributed by atoms with E-state index in [1.54, 1.807) is 0 Å². The number of anilines is 1. The van der Waals surface area contributed by atoms with Crippen LogP contribution in [0.2, 0.25) is 0 Å². The van der Waals surface area contributed by atoms with Crippen molar-refractivity contribution >= 4 is 23.1 Å². The van der Waals surface area contributed by atoms with E-state index in [0.717, 1.165) is 18.5 Å². The van der Waals surface area contributed by atoms with Crippen molar-refractivity contribution in [2.24, 2.45) is 0 Å². The van der Waals surface area contributed by atoms with Gasteiger partial charge in [0.25, 0.3) is 5.69 Å². The number of ketones is 1. The Morgan fingerprint density at radius 1 is 1.28 bits per heavy atom. The van der Waals surface area contributed by atoms with Gasteiger partial charge in [-0.2, -0.15) is 0 Å². The van der Waals surface area contributed by atoms with Gasteiger partial charge in [0.1, 0.15) is 5.75 Å². The number of nitrogens with zero attached hydrogens (tertiary/aromatic N) is 1. The standard InChI is InChI=1S/C21H23N3O5/c1-14(25)17-13-16(9-10-19(17)24(27)28)29-12-4-7-21(26)23-20-11-8-15-5-2-3-6-18(15)22-20/h2-3,5-6,9-10,13,20,22H,4,7-8,11-12H2,1H3,(H,23,26). The third-order valence-corrected chi connectivity index (χ3v) is 4.75. The van der Waals surface area contributed by atoms with Crippen LogP contribution in [0.3, 0.4) is 0 Å². The zero-order valence-electron chi connectivity index (χ0n) is 16.1. The van der Waals surface area contributed by atoms with Crippen LogP contribution in [0.1, 0.15) is 42.1 Å². The fraction of sp³-hybridized carbons (Fsp3) is 0.333. The minimum absolute atomic E-state index is 0.00824. The molecule has 2 N–H and O–H groups in total. The number of hydrogen-bond acceptors (Lipinski definition) is 6. The average molecular weight is 397 g/mol. The number of nitrogens with one attached hydrogen (secondary N) is 2. The molecule has 152 valence electrons. The van der Waals surface area contributed by atoms with Gasteiger partial charge in [-0.25, -0.2) is 0 Å². The Labute approximate surface area is 168 Å². The van der Waals surface area contributed by atoms with Crippen molar-refractivity contribution in [2.75, 3.05) is 11.9 Å². The molecule has 0 fully saturated rings. The lowest BCUT2D eigenvalue weighted by Gasteiger charge is -2.27. The number of benzene rings is 2. The second kappa shape index (κ2) is 9.18. The number of amides is 1. The lowest BCUT2D eigenvalue weighted by atomic mass is 10.0. The first-order valence-electron chi connectivity index (χ1n) is 9.50. The third-order valence-electron chi connectivity index (χ3n) is 4.75. The van der Waals surface area contributed by atoms with Gasteiger partial charge < -0.3 is 15.4 Å². The number of nitro benzene ring substituents is 1. The van der Waals surface area contributed by atoms with Crippen molar-refractivity contribution in [3.05, 3.63) is 63.7 Å². The van der Waals surface area contributed by atoms with E-state index >= 15 is 0 Å². The van der Waals surface area contributed by atoms with E-state index in [4.69, 9.17) is 4.74 Å². The molecule has 1 atom stereocenters. The number of nitro groups is 1. The molecule has 8 heteroatoms. The highest BCUT2D eigenvalue weighted by Crippen LogP contribution is 2.25. The summed E-state index contributed by atoms with van der Waals surface area (Å²) in [5.41, 5.74) is 2.06. The first-order valence-corrected chi connectivity index (χ1v) is 9.50. The Bertz CT molecular complexity index is 928. The zero-order valence-corrected chi connectivity index (χ0v) is 16.1. The van der Waals surface area contributed by atoms with Gasteiger partial charge in [-0.1, -0.05) is 18.2 Å². The molecule has 1 unspecified atom stereocenters. The molecule has 1 heterocycles. The SMILES string of the molecule is CC(=O)c1cc(OCCCC(=O)NC2CCc3ccccc3N2)ccc1[N+](=O)[O-]. The Morgan fingerprint density at radius 3 is 2.83 bits per heavy atom. The number of carbonyl (C=O) groups excluding carboxylic acids is 2. The summed E-state index contributed by atoms with van der Waals surface area (Å²) in [5, 5.41) is 17.3. The Balaban J connectivity index is 1.44. The number of aryl methyl sites for hydroxylation is 1. The third kappa shape index (κ3) is 5.31. The maximum atomic E-state index is 12.2. The van der Waals surface area contributed by atoms with E-state index in [-0.39, 0.29) is 29.9 Å². The van der Waals surface area contributed by atoms with Crippen LogP contribution in [-0.2, 0) is 11.2 Å². The predicted molar refractivity (Wildman–Crippen MR) is 108 cm³/mol. The van der Waals surface area contributed by atoms with Crippen molar-refractivity contribution in [3.8, 4) is 5.75 Å². The normalized spacial score (nSPS) is 15.0. The summed E-state index contributed by atoms with van der Waals surface area (Å²) >= 11 is 0. The van der Waals surface area contributed by atoms with E-state index in [1.807, 2.05) is 18.2 Å². The Kier molecular flexibility index (Phi) is 6.43. The monoisotopic (exact) mass is 397 g/mol. The van der Waals surface area contributed by atoms with Gasteiger partial charge in [-0.15, -0.1) is 0 Å². The summed E-state index contributed by atoms with van der Waals surface area (Å²) in [6, 6.07) is 12.1. The Morgan fingerprint density at radius 2 is 2.07 bits per heavy atom. The molecule has 1 aliphatic rings. The lowest BCUT2D eigenvalue weighted by molar-refractivity contribution is -0.385. The smallest absolute Gasteiger partial charge is 0.280 e. The molecule has 0 radical (unpaired) electrons. The number of rotatable bonds is 8. The number of para-hydroxylation sites is 1. The van der Waals surface area contributed by atoms with Gasteiger partial charge in [-0.3, -0.25) is 19.7 Å². The molecule has 1 aliphatic heterocycles. The van der Waals surface area contributed by atoms with Crippen LogP contribution in [0.5, 0.6) is 5.75 Å². The van der Waals surface area contributed by atoms with Gasteiger partial charge in [0, 0.05) is 18.2 Å². The topological polar surface area (TPSA) is 111 Å². The predicted octanol–water partition coefficient (Wildman–Crippen LogP) is 3.46. The molecule has 29 heavy (non-hydrogen) atoms. The summed E-state index contributed by atoms with van der Waals surface area (Å²) in [6.07, 6.45) is 2.44. The van der Waals surface area contributed by atoms with Crippen molar-refractivity contribution in [1.82, 2.24) is 5.32 Å². The molecule has 2 aromatic rings. The van der Waals surface area contributed by atoms with Crippen LogP contribution in [0.4, 0.5) is 11.4 Å². The van der Waals surface area contributed by atoms with Crippen LogP contribution in [-0.4, -0.2) is 29.4 Å². The van der Waals surface area contributed by atoms with E-state index in [0.29, 0.717) is 18.6 Å².